The molecule has 17 heavy (non-hydrogen) atoms. The van der Waals surface area contributed by atoms with Crippen molar-refractivity contribution in [3.05, 3.63) is 34.5 Å². The van der Waals surface area contributed by atoms with Gasteiger partial charge in [-0.1, -0.05) is 19.9 Å². The number of hydrogen-bond donors (Lipinski definition) is 1. The Hall–Kier alpha value is -1.62. The van der Waals surface area contributed by atoms with E-state index in [1.54, 1.807) is 12.3 Å². The number of carbonyl (C=O) groups excluding carboxylic acids is 2. The summed E-state index contributed by atoms with van der Waals surface area (Å²) in [5, 5.41) is 1.87. The molecule has 0 aliphatic carbocycles. The average molecular weight is 250 g/mol. The predicted octanol–water partition coefficient (Wildman–Crippen LogP) is 2.74. The Labute approximate surface area is 105 Å². The smallest absolute Gasteiger partial charge is 0.282 e. The summed E-state index contributed by atoms with van der Waals surface area (Å²) in [4.78, 5) is 26.6. The van der Waals surface area contributed by atoms with Crippen LogP contribution in [-0.2, 0) is 4.79 Å². The summed E-state index contributed by atoms with van der Waals surface area (Å²) in [5.74, 6) is -0.342. The van der Waals surface area contributed by atoms with Crippen LogP contribution in [0.25, 0.3) is 6.08 Å². The second-order valence-electron chi connectivity index (χ2n) is 3.09. The molecule has 2 amide bonds. The first-order chi connectivity index (χ1) is 8.15. The number of imide groups is 1. The van der Waals surface area contributed by atoms with Gasteiger partial charge in [-0.25, -0.2) is 0 Å². The summed E-state index contributed by atoms with van der Waals surface area (Å²) in [5.41, 5.74) is 1.73. The van der Waals surface area contributed by atoms with Crippen molar-refractivity contribution < 1.29 is 9.59 Å². The van der Waals surface area contributed by atoms with E-state index < -0.39 is 0 Å². The Balaban J connectivity index is 0.000000686. The zero-order valence-corrected chi connectivity index (χ0v) is 10.8. The normalized spacial score (nSPS) is 16.5. The molecule has 4 nitrogen and oxygen atoms in total. The molecule has 0 radical (unpaired) electrons. The fourth-order valence-corrected chi connectivity index (χ4v) is 1.82. The standard InChI is InChI=1S/C10H8N2O2S.C2H6/c1-6-2-3-7(5-11-6)4-8-9(13)12-10(14)15-8;1-2/h2-5H,1H3,(H,12,13,14);1-2H3/b8-4-;. The van der Waals surface area contributed by atoms with E-state index in [0.717, 1.165) is 23.0 Å². The molecule has 0 unspecified atom stereocenters. The van der Waals surface area contributed by atoms with E-state index in [9.17, 15) is 9.59 Å². The zero-order valence-electron chi connectivity index (χ0n) is 9.98. The van der Waals surface area contributed by atoms with E-state index in [1.165, 1.54) is 0 Å². The summed E-state index contributed by atoms with van der Waals surface area (Å²) in [6.45, 7) is 5.89. The minimum absolute atomic E-state index is 0.327. The molecule has 1 aliphatic rings. The number of aromatic nitrogens is 1. The summed E-state index contributed by atoms with van der Waals surface area (Å²) in [6.07, 6.45) is 3.32. The van der Waals surface area contributed by atoms with Crippen molar-refractivity contribution in [3.8, 4) is 0 Å². The fraction of sp³-hybridized carbons (Fsp3) is 0.250. The predicted molar refractivity (Wildman–Crippen MR) is 69.4 cm³/mol. The number of nitrogens with zero attached hydrogens (tertiary/aromatic N) is 1. The highest BCUT2D eigenvalue weighted by Crippen LogP contribution is 2.25. The van der Waals surface area contributed by atoms with Crippen LogP contribution in [0, 0.1) is 6.92 Å². The number of pyridine rings is 1. The van der Waals surface area contributed by atoms with Crippen molar-refractivity contribution in [3.63, 3.8) is 0 Å². The van der Waals surface area contributed by atoms with E-state index in [4.69, 9.17) is 0 Å². The van der Waals surface area contributed by atoms with Crippen molar-refractivity contribution in [1.82, 2.24) is 10.3 Å². The van der Waals surface area contributed by atoms with Gasteiger partial charge in [-0.05, 0) is 36.4 Å². The third-order valence-electron chi connectivity index (χ3n) is 1.87. The number of nitrogens with one attached hydrogen (secondary N) is 1. The summed E-state index contributed by atoms with van der Waals surface area (Å²) in [7, 11) is 0. The van der Waals surface area contributed by atoms with Crippen LogP contribution in [0.3, 0.4) is 0 Å². The molecule has 0 aromatic carbocycles. The van der Waals surface area contributed by atoms with Gasteiger partial charge in [-0.2, -0.15) is 0 Å². The highest BCUT2D eigenvalue weighted by Gasteiger charge is 2.24. The first-order valence-electron chi connectivity index (χ1n) is 5.33. The van der Waals surface area contributed by atoms with Gasteiger partial charge in [-0.3, -0.25) is 19.9 Å². The molecule has 0 bridgehead atoms. The van der Waals surface area contributed by atoms with Crippen LogP contribution >= 0.6 is 11.8 Å². The van der Waals surface area contributed by atoms with Crippen LogP contribution < -0.4 is 5.32 Å². The number of rotatable bonds is 1. The highest BCUT2D eigenvalue weighted by molar-refractivity contribution is 8.18. The highest BCUT2D eigenvalue weighted by atomic mass is 32.2. The lowest BCUT2D eigenvalue weighted by Crippen LogP contribution is -2.17. The Morgan fingerprint density at radius 2 is 2.00 bits per heavy atom. The van der Waals surface area contributed by atoms with Crippen LogP contribution in [0.5, 0.6) is 0 Å². The molecule has 0 saturated carbocycles. The van der Waals surface area contributed by atoms with Crippen molar-refractivity contribution >= 4 is 29.0 Å². The first kappa shape index (κ1) is 13.4. The number of amides is 2. The van der Waals surface area contributed by atoms with Gasteiger partial charge in [-0.15, -0.1) is 0 Å². The zero-order chi connectivity index (χ0) is 12.8. The van der Waals surface area contributed by atoms with Crippen LogP contribution in [0.2, 0.25) is 0 Å². The maximum atomic E-state index is 11.2. The maximum Gasteiger partial charge on any atom is 0.290 e. The molecular weight excluding hydrogens is 236 g/mol. The monoisotopic (exact) mass is 250 g/mol. The van der Waals surface area contributed by atoms with E-state index >= 15 is 0 Å². The second-order valence-corrected chi connectivity index (χ2v) is 4.10. The van der Waals surface area contributed by atoms with Crippen LogP contribution in [0.15, 0.2) is 23.2 Å². The van der Waals surface area contributed by atoms with Gasteiger partial charge < -0.3 is 0 Å². The third-order valence-corrected chi connectivity index (χ3v) is 2.68. The van der Waals surface area contributed by atoms with E-state index in [2.05, 4.69) is 10.3 Å². The molecule has 1 fully saturated rings. The molecular formula is C12H14N2O2S. The summed E-state index contributed by atoms with van der Waals surface area (Å²) < 4.78 is 0. The van der Waals surface area contributed by atoms with E-state index in [-0.39, 0.29) is 11.1 Å². The lowest BCUT2D eigenvalue weighted by Gasteiger charge is -1.94. The van der Waals surface area contributed by atoms with Crippen molar-refractivity contribution in [2.45, 2.75) is 20.8 Å². The Kier molecular flexibility index (Phi) is 4.90. The molecule has 1 N–H and O–H groups in total. The summed E-state index contributed by atoms with van der Waals surface area (Å²) in [6, 6.07) is 3.71. The first-order valence-corrected chi connectivity index (χ1v) is 6.14. The SMILES string of the molecule is CC.Cc1ccc(/C=C2\SC(=O)NC2=O)cn1. The molecule has 90 valence electrons. The number of thioether (sulfide) groups is 1. The van der Waals surface area contributed by atoms with E-state index in [0.29, 0.717) is 4.91 Å². The maximum absolute atomic E-state index is 11.2. The second kappa shape index (κ2) is 6.20. The van der Waals surface area contributed by atoms with Gasteiger partial charge in [0.1, 0.15) is 0 Å². The molecule has 2 rings (SSSR count). The molecule has 1 aromatic rings. The lowest BCUT2D eigenvalue weighted by molar-refractivity contribution is -0.115. The lowest BCUT2D eigenvalue weighted by atomic mass is 10.2. The Morgan fingerprint density at radius 3 is 2.47 bits per heavy atom. The van der Waals surface area contributed by atoms with Gasteiger partial charge in [0.2, 0.25) is 0 Å². The van der Waals surface area contributed by atoms with E-state index in [1.807, 2.05) is 32.9 Å². The molecule has 1 aromatic heterocycles. The number of aryl methyl sites for hydroxylation is 1. The van der Waals surface area contributed by atoms with Crippen LogP contribution in [0.4, 0.5) is 4.79 Å². The van der Waals surface area contributed by atoms with Gasteiger partial charge in [0, 0.05) is 11.9 Å². The number of carbonyl (C=O) groups is 2. The average Bonchev–Trinajstić information content (AvgIpc) is 2.63. The molecule has 2 heterocycles. The van der Waals surface area contributed by atoms with Gasteiger partial charge >= 0.3 is 0 Å². The third kappa shape index (κ3) is 3.71. The molecule has 0 spiro atoms. The molecule has 0 atom stereocenters. The largest absolute Gasteiger partial charge is 0.290 e. The molecule has 1 aliphatic heterocycles. The van der Waals surface area contributed by atoms with Crippen molar-refractivity contribution in [2.24, 2.45) is 0 Å². The Morgan fingerprint density at radius 1 is 1.29 bits per heavy atom. The number of hydrogen-bond acceptors (Lipinski definition) is 4. The van der Waals surface area contributed by atoms with Gasteiger partial charge in [0.15, 0.2) is 0 Å². The fourth-order valence-electron chi connectivity index (χ4n) is 1.14. The molecule has 1 saturated heterocycles. The minimum atomic E-state index is -0.342. The summed E-state index contributed by atoms with van der Waals surface area (Å²) >= 11 is 0.906. The van der Waals surface area contributed by atoms with Crippen molar-refractivity contribution in [1.29, 1.82) is 0 Å². The van der Waals surface area contributed by atoms with Gasteiger partial charge in [0.25, 0.3) is 11.1 Å². The minimum Gasteiger partial charge on any atom is -0.282 e. The van der Waals surface area contributed by atoms with Gasteiger partial charge in [0.05, 0.1) is 4.91 Å². The van der Waals surface area contributed by atoms with Crippen LogP contribution in [0.1, 0.15) is 25.1 Å². The van der Waals surface area contributed by atoms with Crippen molar-refractivity contribution in [2.75, 3.05) is 0 Å². The Bertz CT molecular complexity index is 452. The van der Waals surface area contributed by atoms with Crippen LogP contribution in [-0.4, -0.2) is 16.1 Å². The quantitative estimate of drug-likeness (QED) is 0.778. The topological polar surface area (TPSA) is 59.1 Å². The molecule has 5 heteroatoms.